The Balaban J connectivity index is 1.82. The summed E-state index contributed by atoms with van der Waals surface area (Å²) in [7, 11) is 0. The van der Waals surface area contributed by atoms with Crippen molar-refractivity contribution in [2.75, 3.05) is 5.32 Å². The van der Waals surface area contributed by atoms with Crippen molar-refractivity contribution in [2.24, 2.45) is 0 Å². The lowest BCUT2D eigenvalue weighted by atomic mass is 10.1. The Morgan fingerprint density at radius 3 is 2.67 bits per heavy atom. The van der Waals surface area contributed by atoms with Gasteiger partial charge in [0.15, 0.2) is 11.5 Å². The van der Waals surface area contributed by atoms with Crippen LogP contribution in [0.4, 0.5) is 5.69 Å². The first-order chi connectivity index (χ1) is 10.2. The van der Waals surface area contributed by atoms with E-state index in [0.29, 0.717) is 0 Å². The molecule has 4 nitrogen and oxygen atoms in total. The molecule has 1 unspecified atom stereocenters. The Hall–Kier alpha value is -2.49. The number of phenols is 1. The molecule has 3 rings (SSSR count). The minimum absolute atomic E-state index is 0.139. The summed E-state index contributed by atoms with van der Waals surface area (Å²) in [5, 5.41) is 12.8. The largest absolute Gasteiger partial charge is 0.508 e. The van der Waals surface area contributed by atoms with Gasteiger partial charge >= 0.3 is 0 Å². The normalized spacial score (nSPS) is 12.5. The van der Waals surface area contributed by atoms with Crippen molar-refractivity contribution in [3.05, 3.63) is 53.9 Å². The van der Waals surface area contributed by atoms with E-state index >= 15 is 0 Å². The number of hydrogen-bond donors (Lipinski definition) is 2. The monoisotopic (exact) mass is 282 g/mol. The molecule has 0 aliphatic carbocycles. The standard InChI is InChI=1S/C17H18N2O2/c1-3-17-19-15-10-13(6-9-16(15)21-17)18-11(2)12-4-7-14(20)8-5-12/h4-11,18,20H,3H2,1-2H3. The van der Waals surface area contributed by atoms with Gasteiger partial charge in [0.25, 0.3) is 0 Å². The van der Waals surface area contributed by atoms with Gasteiger partial charge in [-0.1, -0.05) is 19.1 Å². The number of oxazole rings is 1. The van der Waals surface area contributed by atoms with E-state index in [4.69, 9.17) is 4.42 Å². The summed E-state index contributed by atoms with van der Waals surface area (Å²) >= 11 is 0. The summed E-state index contributed by atoms with van der Waals surface area (Å²) in [6.07, 6.45) is 0.793. The van der Waals surface area contributed by atoms with Gasteiger partial charge in [0.1, 0.15) is 11.3 Å². The molecule has 0 saturated heterocycles. The molecule has 0 radical (unpaired) electrons. The number of hydrogen-bond acceptors (Lipinski definition) is 4. The fraction of sp³-hybridized carbons (Fsp3) is 0.235. The second kappa shape index (κ2) is 5.48. The van der Waals surface area contributed by atoms with Crippen LogP contribution in [-0.2, 0) is 6.42 Å². The molecule has 21 heavy (non-hydrogen) atoms. The average Bonchev–Trinajstić information content (AvgIpc) is 2.90. The minimum Gasteiger partial charge on any atom is -0.508 e. The molecule has 3 aromatic rings. The highest BCUT2D eigenvalue weighted by molar-refractivity contribution is 5.77. The molecule has 4 heteroatoms. The SMILES string of the molecule is CCc1nc2cc(NC(C)c3ccc(O)cc3)ccc2o1. The maximum atomic E-state index is 9.33. The van der Waals surface area contributed by atoms with E-state index in [-0.39, 0.29) is 11.8 Å². The van der Waals surface area contributed by atoms with Crippen LogP contribution in [0.15, 0.2) is 46.9 Å². The van der Waals surface area contributed by atoms with Crippen molar-refractivity contribution in [2.45, 2.75) is 26.3 Å². The van der Waals surface area contributed by atoms with Crippen LogP contribution in [0.1, 0.15) is 31.3 Å². The van der Waals surface area contributed by atoms with Crippen LogP contribution in [0.2, 0.25) is 0 Å². The number of nitrogens with one attached hydrogen (secondary N) is 1. The molecule has 0 saturated carbocycles. The number of nitrogens with zero attached hydrogens (tertiary/aromatic N) is 1. The van der Waals surface area contributed by atoms with E-state index in [1.807, 2.05) is 37.3 Å². The first kappa shape index (κ1) is 13.5. The van der Waals surface area contributed by atoms with Gasteiger partial charge in [0.2, 0.25) is 0 Å². The van der Waals surface area contributed by atoms with Crippen LogP contribution >= 0.6 is 0 Å². The molecule has 1 atom stereocenters. The van der Waals surface area contributed by atoms with E-state index in [2.05, 4.69) is 17.2 Å². The maximum Gasteiger partial charge on any atom is 0.195 e. The number of benzene rings is 2. The summed E-state index contributed by atoms with van der Waals surface area (Å²) < 4.78 is 5.61. The minimum atomic E-state index is 0.139. The Labute approximate surface area is 123 Å². The number of fused-ring (bicyclic) bond motifs is 1. The molecule has 108 valence electrons. The van der Waals surface area contributed by atoms with Gasteiger partial charge in [-0.3, -0.25) is 0 Å². The highest BCUT2D eigenvalue weighted by Gasteiger charge is 2.08. The Morgan fingerprint density at radius 2 is 1.95 bits per heavy atom. The van der Waals surface area contributed by atoms with E-state index in [1.165, 1.54) is 0 Å². The number of aromatic nitrogens is 1. The quantitative estimate of drug-likeness (QED) is 0.750. The molecular weight excluding hydrogens is 264 g/mol. The van der Waals surface area contributed by atoms with Gasteiger partial charge in [-0.05, 0) is 42.8 Å². The number of aryl methyl sites for hydroxylation is 1. The third kappa shape index (κ3) is 2.84. The van der Waals surface area contributed by atoms with E-state index < -0.39 is 0 Å². The lowest BCUT2D eigenvalue weighted by Gasteiger charge is -2.15. The van der Waals surface area contributed by atoms with Gasteiger partial charge in [-0.25, -0.2) is 4.98 Å². The third-order valence-electron chi connectivity index (χ3n) is 3.51. The van der Waals surface area contributed by atoms with Gasteiger partial charge in [-0.15, -0.1) is 0 Å². The molecule has 1 heterocycles. The molecule has 0 spiro atoms. The molecule has 1 aromatic heterocycles. The zero-order valence-electron chi connectivity index (χ0n) is 12.1. The van der Waals surface area contributed by atoms with Gasteiger partial charge in [0, 0.05) is 18.2 Å². The molecule has 0 fully saturated rings. The zero-order valence-corrected chi connectivity index (χ0v) is 12.1. The first-order valence-corrected chi connectivity index (χ1v) is 7.10. The average molecular weight is 282 g/mol. The van der Waals surface area contributed by atoms with Crippen LogP contribution in [0.5, 0.6) is 5.75 Å². The lowest BCUT2D eigenvalue weighted by Crippen LogP contribution is -2.06. The first-order valence-electron chi connectivity index (χ1n) is 7.10. The lowest BCUT2D eigenvalue weighted by molar-refractivity contribution is 0.475. The predicted molar refractivity (Wildman–Crippen MR) is 83.5 cm³/mol. The summed E-state index contributed by atoms with van der Waals surface area (Å²) in [5.41, 5.74) is 3.80. The van der Waals surface area contributed by atoms with Crippen molar-refractivity contribution in [1.29, 1.82) is 0 Å². The van der Waals surface area contributed by atoms with Gasteiger partial charge in [0.05, 0.1) is 0 Å². The molecule has 0 amide bonds. The Morgan fingerprint density at radius 1 is 1.19 bits per heavy atom. The predicted octanol–water partition coefficient (Wildman–Crippen LogP) is 4.27. The zero-order chi connectivity index (χ0) is 14.8. The molecule has 2 N–H and O–H groups in total. The third-order valence-corrected chi connectivity index (χ3v) is 3.51. The van der Waals surface area contributed by atoms with Crippen molar-refractivity contribution >= 4 is 16.8 Å². The number of aromatic hydroxyl groups is 1. The summed E-state index contributed by atoms with van der Waals surface area (Å²) in [4.78, 5) is 4.44. The van der Waals surface area contributed by atoms with Crippen LogP contribution in [0.25, 0.3) is 11.1 Å². The second-order valence-corrected chi connectivity index (χ2v) is 5.10. The molecule has 0 aliphatic heterocycles. The van der Waals surface area contributed by atoms with Crippen LogP contribution in [0, 0.1) is 0 Å². The smallest absolute Gasteiger partial charge is 0.195 e. The maximum absolute atomic E-state index is 9.33. The molecular formula is C17H18N2O2. The summed E-state index contributed by atoms with van der Waals surface area (Å²) in [5.74, 6) is 1.04. The molecule has 0 aliphatic rings. The fourth-order valence-electron chi connectivity index (χ4n) is 2.31. The van der Waals surface area contributed by atoms with Crippen LogP contribution in [-0.4, -0.2) is 10.1 Å². The molecule has 2 aromatic carbocycles. The topological polar surface area (TPSA) is 58.3 Å². The number of rotatable bonds is 4. The van der Waals surface area contributed by atoms with Crippen LogP contribution < -0.4 is 5.32 Å². The van der Waals surface area contributed by atoms with E-state index in [1.54, 1.807) is 12.1 Å². The number of anilines is 1. The highest BCUT2D eigenvalue weighted by Crippen LogP contribution is 2.24. The van der Waals surface area contributed by atoms with Crippen LogP contribution in [0.3, 0.4) is 0 Å². The molecule has 0 bridgehead atoms. The van der Waals surface area contributed by atoms with E-state index in [9.17, 15) is 5.11 Å². The van der Waals surface area contributed by atoms with E-state index in [0.717, 1.165) is 34.7 Å². The number of phenolic OH excluding ortho intramolecular Hbond substituents is 1. The Bertz CT molecular complexity index is 747. The van der Waals surface area contributed by atoms with Crippen molar-refractivity contribution in [1.82, 2.24) is 4.98 Å². The Kier molecular flexibility index (Phi) is 3.52. The van der Waals surface area contributed by atoms with Crippen molar-refractivity contribution < 1.29 is 9.52 Å². The summed E-state index contributed by atoms with van der Waals surface area (Å²) in [6.45, 7) is 4.10. The second-order valence-electron chi connectivity index (χ2n) is 5.10. The highest BCUT2D eigenvalue weighted by atomic mass is 16.3. The van der Waals surface area contributed by atoms with Crippen molar-refractivity contribution in [3.63, 3.8) is 0 Å². The van der Waals surface area contributed by atoms with Gasteiger partial charge < -0.3 is 14.8 Å². The summed E-state index contributed by atoms with van der Waals surface area (Å²) in [6, 6.07) is 13.3. The fourth-order valence-corrected chi connectivity index (χ4v) is 2.31. The van der Waals surface area contributed by atoms with Crippen molar-refractivity contribution in [3.8, 4) is 5.75 Å². The van der Waals surface area contributed by atoms with Gasteiger partial charge in [-0.2, -0.15) is 0 Å².